The fourth-order valence-electron chi connectivity index (χ4n) is 2.47. The lowest BCUT2D eigenvalue weighted by atomic mass is 9.95. The molecule has 1 aromatic carbocycles. The first-order valence-corrected chi connectivity index (χ1v) is 9.11. The summed E-state index contributed by atoms with van der Waals surface area (Å²) >= 11 is 0. The van der Waals surface area contributed by atoms with Crippen molar-refractivity contribution in [2.75, 3.05) is 5.32 Å². The first-order chi connectivity index (χ1) is 13.1. The van der Waals surface area contributed by atoms with Gasteiger partial charge in [-0.1, -0.05) is 20.8 Å². The van der Waals surface area contributed by atoms with Crippen LogP contribution in [0, 0.1) is 26.2 Å². The van der Waals surface area contributed by atoms with Gasteiger partial charge in [-0.05, 0) is 56.7 Å². The summed E-state index contributed by atoms with van der Waals surface area (Å²) in [6.07, 6.45) is 0. The van der Waals surface area contributed by atoms with Crippen molar-refractivity contribution in [2.45, 2.75) is 41.5 Å². The number of carbonyl (C=O) groups excluding carboxylic acids is 1. The number of nitrogens with zero attached hydrogens (tertiary/aromatic N) is 4. The molecule has 7 heteroatoms. The lowest BCUT2D eigenvalue weighted by Gasteiger charge is -2.17. The van der Waals surface area contributed by atoms with Crippen molar-refractivity contribution >= 4 is 11.6 Å². The largest absolute Gasteiger partial charge is 0.438 e. The van der Waals surface area contributed by atoms with Crippen molar-refractivity contribution in [1.29, 1.82) is 0 Å². The van der Waals surface area contributed by atoms with Gasteiger partial charge in [0.25, 0.3) is 0 Å². The lowest BCUT2D eigenvalue weighted by molar-refractivity contribution is -0.123. The Morgan fingerprint density at radius 3 is 2.18 bits per heavy atom. The van der Waals surface area contributed by atoms with Crippen LogP contribution in [0.3, 0.4) is 0 Å². The van der Waals surface area contributed by atoms with Crippen molar-refractivity contribution in [3.63, 3.8) is 0 Å². The van der Waals surface area contributed by atoms with E-state index in [0.29, 0.717) is 23.1 Å². The zero-order chi connectivity index (χ0) is 20.5. The normalized spacial score (nSPS) is 11.4. The van der Waals surface area contributed by atoms with E-state index in [4.69, 9.17) is 4.74 Å². The Bertz CT molecular complexity index is 983. The Morgan fingerprint density at radius 1 is 1.00 bits per heavy atom. The topological polar surface area (TPSA) is 81.9 Å². The minimum absolute atomic E-state index is 0.0398. The van der Waals surface area contributed by atoms with Gasteiger partial charge < -0.3 is 10.1 Å². The number of aromatic nitrogens is 4. The Balaban J connectivity index is 1.69. The molecule has 3 aromatic rings. The number of benzene rings is 1. The molecule has 1 amide bonds. The number of amides is 1. The molecule has 28 heavy (non-hydrogen) atoms. The molecule has 0 aliphatic rings. The van der Waals surface area contributed by atoms with Crippen LogP contribution < -0.4 is 10.1 Å². The maximum atomic E-state index is 12.0. The van der Waals surface area contributed by atoms with E-state index in [9.17, 15) is 4.79 Å². The highest BCUT2D eigenvalue weighted by atomic mass is 16.5. The number of nitrogens with one attached hydrogen (secondary N) is 1. The number of carbonyl (C=O) groups is 1. The zero-order valence-electron chi connectivity index (χ0n) is 17.1. The molecule has 0 fully saturated rings. The van der Waals surface area contributed by atoms with Crippen LogP contribution in [0.4, 0.5) is 5.69 Å². The van der Waals surface area contributed by atoms with Crippen molar-refractivity contribution in [3.8, 4) is 17.4 Å². The van der Waals surface area contributed by atoms with Crippen LogP contribution in [0.2, 0.25) is 0 Å². The molecule has 0 bridgehead atoms. The van der Waals surface area contributed by atoms with Gasteiger partial charge in [0.15, 0.2) is 5.82 Å². The van der Waals surface area contributed by atoms with Crippen LogP contribution in [0.5, 0.6) is 11.6 Å². The van der Waals surface area contributed by atoms with E-state index in [1.54, 1.807) is 35.0 Å². The van der Waals surface area contributed by atoms with Gasteiger partial charge in [-0.2, -0.15) is 5.10 Å². The first-order valence-electron chi connectivity index (χ1n) is 9.11. The molecule has 0 aliphatic carbocycles. The summed E-state index contributed by atoms with van der Waals surface area (Å²) in [6.45, 7) is 11.6. The highest BCUT2D eigenvalue weighted by molar-refractivity contribution is 5.94. The number of anilines is 1. The molecule has 146 valence electrons. The molecular weight excluding hydrogens is 354 g/mol. The summed E-state index contributed by atoms with van der Waals surface area (Å²) in [6, 6.07) is 10.7. The first kappa shape index (κ1) is 19.5. The summed E-state index contributed by atoms with van der Waals surface area (Å²) in [7, 11) is 0. The predicted octanol–water partition coefficient (Wildman–Crippen LogP) is 4.36. The van der Waals surface area contributed by atoms with E-state index in [1.165, 1.54) is 0 Å². The quantitative estimate of drug-likeness (QED) is 0.728. The van der Waals surface area contributed by atoms with Gasteiger partial charge >= 0.3 is 0 Å². The highest BCUT2D eigenvalue weighted by Crippen LogP contribution is 2.23. The Labute approximate surface area is 164 Å². The number of hydrogen-bond acceptors (Lipinski definition) is 5. The SMILES string of the molecule is Cc1nn(-c2ccc(Oc3ccc(NC(=O)C(C)(C)C)cc3)nn2)c(C)c1C. The van der Waals surface area contributed by atoms with Gasteiger partial charge in [-0.15, -0.1) is 10.2 Å². The molecule has 1 N–H and O–H groups in total. The number of aryl methyl sites for hydroxylation is 1. The average Bonchev–Trinajstić information content (AvgIpc) is 2.90. The molecule has 0 aliphatic heterocycles. The maximum absolute atomic E-state index is 12.0. The van der Waals surface area contributed by atoms with Gasteiger partial charge in [0, 0.05) is 22.9 Å². The lowest BCUT2D eigenvalue weighted by Crippen LogP contribution is -2.27. The van der Waals surface area contributed by atoms with E-state index in [2.05, 4.69) is 20.6 Å². The third-order valence-electron chi connectivity index (χ3n) is 4.51. The van der Waals surface area contributed by atoms with Gasteiger partial charge in [-0.25, -0.2) is 4.68 Å². The third kappa shape index (κ3) is 4.19. The van der Waals surface area contributed by atoms with E-state index >= 15 is 0 Å². The van der Waals surface area contributed by atoms with Crippen LogP contribution in [0.1, 0.15) is 37.7 Å². The van der Waals surface area contributed by atoms with Gasteiger partial charge in [0.1, 0.15) is 5.75 Å². The second-order valence-electron chi connectivity index (χ2n) is 7.77. The molecule has 0 atom stereocenters. The summed E-state index contributed by atoms with van der Waals surface area (Å²) in [4.78, 5) is 12.0. The van der Waals surface area contributed by atoms with E-state index in [0.717, 1.165) is 17.0 Å². The molecule has 2 aromatic heterocycles. The maximum Gasteiger partial charge on any atom is 0.238 e. The molecule has 0 spiro atoms. The highest BCUT2D eigenvalue weighted by Gasteiger charge is 2.21. The Kier molecular flexibility index (Phi) is 5.18. The summed E-state index contributed by atoms with van der Waals surface area (Å²) in [5.41, 5.74) is 3.41. The van der Waals surface area contributed by atoms with E-state index < -0.39 is 5.41 Å². The van der Waals surface area contributed by atoms with E-state index in [1.807, 2.05) is 47.6 Å². The second-order valence-corrected chi connectivity index (χ2v) is 7.77. The minimum atomic E-state index is -0.448. The third-order valence-corrected chi connectivity index (χ3v) is 4.51. The fourth-order valence-corrected chi connectivity index (χ4v) is 2.47. The molecule has 0 saturated heterocycles. The Morgan fingerprint density at radius 2 is 1.68 bits per heavy atom. The summed E-state index contributed by atoms with van der Waals surface area (Å²) < 4.78 is 7.51. The predicted molar refractivity (Wildman–Crippen MR) is 108 cm³/mol. The van der Waals surface area contributed by atoms with Gasteiger partial charge in [0.2, 0.25) is 11.8 Å². The molecule has 0 saturated carbocycles. The molecule has 0 radical (unpaired) electrons. The van der Waals surface area contributed by atoms with Crippen LogP contribution in [-0.2, 0) is 4.79 Å². The number of hydrogen-bond donors (Lipinski definition) is 1. The van der Waals surface area contributed by atoms with Gasteiger partial charge in [-0.3, -0.25) is 4.79 Å². The molecule has 3 rings (SSSR count). The monoisotopic (exact) mass is 379 g/mol. The van der Waals surface area contributed by atoms with Crippen molar-refractivity contribution in [1.82, 2.24) is 20.0 Å². The average molecular weight is 379 g/mol. The molecular formula is C21H25N5O2. The van der Waals surface area contributed by atoms with Gasteiger partial charge in [0.05, 0.1) is 5.69 Å². The van der Waals surface area contributed by atoms with Crippen LogP contribution in [-0.4, -0.2) is 25.9 Å². The van der Waals surface area contributed by atoms with E-state index in [-0.39, 0.29) is 5.91 Å². The summed E-state index contributed by atoms with van der Waals surface area (Å²) in [5.74, 6) is 1.59. The second kappa shape index (κ2) is 7.42. The number of rotatable bonds is 4. The number of ether oxygens (including phenoxy) is 1. The minimum Gasteiger partial charge on any atom is -0.438 e. The van der Waals surface area contributed by atoms with Crippen LogP contribution in [0.25, 0.3) is 5.82 Å². The Hall–Kier alpha value is -3.22. The summed E-state index contributed by atoms with van der Waals surface area (Å²) in [5, 5.41) is 15.7. The van der Waals surface area contributed by atoms with Crippen molar-refractivity contribution in [2.24, 2.45) is 5.41 Å². The molecule has 2 heterocycles. The fraction of sp³-hybridized carbons (Fsp3) is 0.333. The zero-order valence-corrected chi connectivity index (χ0v) is 17.1. The standard InChI is InChI=1S/C21H25N5O2/c1-13-14(2)25-26(15(13)3)18-11-12-19(24-23-18)28-17-9-7-16(8-10-17)22-20(27)21(4,5)6/h7-12H,1-6H3,(H,22,27). The smallest absolute Gasteiger partial charge is 0.238 e. The molecule has 7 nitrogen and oxygen atoms in total. The molecule has 0 unspecified atom stereocenters. The van der Waals surface area contributed by atoms with Crippen molar-refractivity contribution in [3.05, 3.63) is 53.3 Å². The van der Waals surface area contributed by atoms with Crippen LogP contribution >= 0.6 is 0 Å². The van der Waals surface area contributed by atoms with Crippen LogP contribution in [0.15, 0.2) is 36.4 Å². The van der Waals surface area contributed by atoms with Crippen molar-refractivity contribution < 1.29 is 9.53 Å².